The third-order valence-electron chi connectivity index (χ3n) is 1.59. The van der Waals surface area contributed by atoms with Crippen molar-refractivity contribution in [2.75, 3.05) is 0 Å². The number of nitrogens with zero attached hydrogens (tertiary/aromatic N) is 1. The van der Waals surface area contributed by atoms with Crippen LogP contribution < -0.4 is 5.56 Å². The lowest BCUT2D eigenvalue weighted by atomic mass is 10.2. The van der Waals surface area contributed by atoms with Gasteiger partial charge in [0.2, 0.25) is 0 Å². The van der Waals surface area contributed by atoms with E-state index >= 15 is 0 Å². The zero-order valence-electron chi connectivity index (χ0n) is 6.24. The zero-order chi connectivity index (χ0) is 8.39. The standard InChI is InChI=1S/C8H7N3O/c12-8-6(2-1-4-9-8)7-3-5-10-11-7/h1-5H,(H,9,12)(H,10,11). The van der Waals surface area contributed by atoms with Gasteiger partial charge >= 0.3 is 0 Å². The first kappa shape index (κ1) is 6.84. The predicted molar refractivity (Wildman–Crippen MR) is 44.6 cm³/mol. The van der Waals surface area contributed by atoms with E-state index in [4.69, 9.17) is 0 Å². The summed E-state index contributed by atoms with van der Waals surface area (Å²) in [5.74, 6) is 0. The van der Waals surface area contributed by atoms with Crippen LogP contribution in [-0.2, 0) is 0 Å². The van der Waals surface area contributed by atoms with Gasteiger partial charge in [0.05, 0.1) is 11.3 Å². The smallest absolute Gasteiger partial charge is 0.257 e. The Morgan fingerprint density at radius 2 is 2.17 bits per heavy atom. The molecule has 4 nitrogen and oxygen atoms in total. The minimum absolute atomic E-state index is 0.121. The first-order valence-corrected chi connectivity index (χ1v) is 3.56. The average molecular weight is 161 g/mol. The third-order valence-corrected chi connectivity index (χ3v) is 1.59. The predicted octanol–water partition coefficient (Wildman–Crippen LogP) is 0.765. The Hall–Kier alpha value is -1.84. The summed E-state index contributed by atoms with van der Waals surface area (Å²) in [7, 11) is 0. The monoisotopic (exact) mass is 161 g/mol. The second kappa shape index (κ2) is 2.65. The molecule has 0 aliphatic rings. The van der Waals surface area contributed by atoms with E-state index in [0.717, 1.165) is 0 Å². The van der Waals surface area contributed by atoms with Crippen molar-refractivity contribution in [3.8, 4) is 11.3 Å². The second-order valence-corrected chi connectivity index (χ2v) is 2.37. The van der Waals surface area contributed by atoms with E-state index in [9.17, 15) is 4.79 Å². The molecule has 0 saturated heterocycles. The number of nitrogens with one attached hydrogen (secondary N) is 2. The van der Waals surface area contributed by atoms with Crippen molar-refractivity contribution in [2.45, 2.75) is 0 Å². The van der Waals surface area contributed by atoms with Gasteiger partial charge < -0.3 is 4.98 Å². The van der Waals surface area contributed by atoms with Gasteiger partial charge in [-0.15, -0.1) is 0 Å². The quantitative estimate of drug-likeness (QED) is 0.648. The van der Waals surface area contributed by atoms with Gasteiger partial charge in [-0.3, -0.25) is 9.89 Å². The molecule has 0 spiro atoms. The van der Waals surface area contributed by atoms with E-state index < -0.39 is 0 Å². The summed E-state index contributed by atoms with van der Waals surface area (Å²) in [6, 6.07) is 5.25. The SMILES string of the molecule is O=c1[nH]cccc1-c1cc[nH]n1. The molecule has 12 heavy (non-hydrogen) atoms. The van der Waals surface area contributed by atoms with Crippen molar-refractivity contribution in [3.05, 3.63) is 40.9 Å². The summed E-state index contributed by atoms with van der Waals surface area (Å²) < 4.78 is 0. The van der Waals surface area contributed by atoms with Crippen molar-refractivity contribution in [1.29, 1.82) is 0 Å². The van der Waals surface area contributed by atoms with Gasteiger partial charge in [0.1, 0.15) is 0 Å². The molecule has 0 aliphatic heterocycles. The van der Waals surface area contributed by atoms with E-state index in [1.807, 2.05) is 0 Å². The second-order valence-electron chi connectivity index (χ2n) is 2.37. The minimum atomic E-state index is -0.121. The summed E-state index contributed by atoms with van der Waals surface area (Å²) >= 11 is 0. The molecule has 0 saturated carbocycles. The van der Waals surface area contributed by atoms with Crippen molar-refractivity contribution in [1.82, 2.24) is 15.2 Å². The molecule has 0 fully saturated rings. The van der Waals surface area contributed by atoms with Gasteiger partial charge in [0.25, 0.3) is 5.56 Å². The Kier molecular flexibility index (Phi) is 1.51. The molecule has 60 valence electrons. The number of aromatic amines is 2. The summed E-state index contributed by atoms with van der Waals surface area (Å²) in [4.78, 5) is 13.8. The molecule has 0 radical (unpaired) electrons. The highest BCUT2D eigenvalue weighted by Crippen LogP contribution is 2.08. The molecular weight excluding hydrogens is 154 g/mol. The first-order chi connectivity index (χ1) is 5.88. The van der Waals surface area contributed by atoms with E-state index in [2.05, 4.69) is 15.2 Å². The van der Waals surface area contributed by atoms with Crippen LogP contribution >= 0.6 is 0 Å². The number of rotatable bonds is 1. The molecule has 2 aromatic rings. The molecule has 0 unspecified atom stereocenters. The molecule has 0 aliphatic carbocycles. The van der Waals surface area contributed by atoms with Gasteiger partial charge in [-0.1, -0.05) is 0 Å². The Balaban J connectivity index is 2.63. The lowest BCUT2D eigenvalue weighted by Gasteiger charge is -1.91. The summed E-state index contributed by atoms with van der Waals surface area (Å²) in [6.07, 6.45) is 3.28. The normalized spacial score (nSPS) is 10.0. The van der Waals surface area contributed by atoms with Crippen molar-refractivity contribution in [3.63, 3.8) is 0 Å². The molecule has 2 N–H and O–H groups in total. The summed E-state index contributed by atoms with van der Waals surface area (Å²) in [6.45, 7) is 0. The van der Waals surface area contributed by atoms with E-state index in [-0.39, 0.29) is 5.56 Å². The van der Waals surface area contributed by atoms with Gasteiger partial charge in [-0.25, -0.2) is 0 Å². The Bertz CT molecular complexity index is 416. The number of hydrogen-bond acceptors (Lipinski definition) is 2. The Morgan fingerprint density at radius 1 is 1.25 bits per heavy atom. The van der Waals surface area contributed by atoms with Crippen LogP contribution in [0.25, 0.3) is 11.3 Å². The lowest BCUT2D eigenvalue weighted by Crippen LogP contribution is -2.06. The molecule has 2 rings (SSSR count). The van der Waals surface area contributed by atoms with Crippen molar-refractivity contribution >= 4 is 0 Å². The minimum Gasteiger partial charge on any atom is -0.329 e. The van der Waals surface area contributed by atoms with Crippen LogP contribution in [0.1, 0.15) is 0 Å². The Morgan fingerprint density at radius 3 is 2.83 bits per heavy atom. The van der Waals surface area contributed by atoms with Crippen LogP contribution in [0.2, 0.25) is 0 Å². The van der Waals surface area contributed by atoms with Crippen LogP contribution in [-0.4, -0.2) is 15.2 Å². The number of pyridine rings is 1. The zero-order valence-corrected chi connectivity index (χ0v) is 6.24. The average Bonchev–Trinajstić information content (AvgIpc) is 2.57. The van der Waals surface area contributed by atoms with E-state index in [0.29, 0.717) is 11.3 Å². The molecular formula is C8H7N3O. The largest absolute Gasteiger partial charge is 0.329 e. The maximum Gasteiger partial charge on any atom is 0.257 e. The molecule has 0 amide bonds. The molecule has 4 heteroatoms. The maximum atomic E-state index is 11.2. The van der Waals surface area contributed by atoms with Gasteiger partial charge in [0.15, 0.2) is 0 Å². The van der Waals surface area contributed by atoms with Crippen LogP contribution in [0.5, 0.6) is 0 Å². The fraction of sp³-hybridized carbons (Fsp3) is 0. The molecule has 0 aromatic carbocycles. The summed E-state index contributed by atoms with van der Waals surface area (Å²) in [5, 5.41) is 6.55. The molecule has 2 heterocycles. The first-order valence-electron chi connectivity index (χ1n) is 3.56. The number of hydrogen-bond donors (Lipinski definition) is 2. The van der Waals surface area contributed by atoms with Crippen LogP contribution in [0.4, 0.5) is 0 Å². The third kappa shape index (κ3) is 1.03. The van der Waals surface area contributed by atoms with Gasteiger partial charge in [-0.2, -0.15) is 5.10 Å². The highest BCUT2D eigenvalue weighted by Gasteiger charge is 2.02. The number of aromatic nitrogens is 3. The van der Waals surface area contributed by atoms with Crippen LogP contribution in [0, 0.1) is 0 Å². The molecule has 0 bridgehead atoms. The van der Waals surface area contributed by atoms with Crippen LogP contribution in [0.15, 0.2) is 35.4 Å². The highest BCUT2D eigenvalue weighted by atomic mass is 16.1. The maximum absolute atomic E-state index is 11.2. The lowest BCUT2D eigenvalue weighted by molar-refractivity contribution is 1.09. The number of H-pyrrole nitrogens is 2. The molecule has 2 aromatic heterocycles. The van der Waals surface area contributed by atoms with Gasteiger partial charge in [-0.05, 0) is 18.2 Å². The van der Waals surface area contributed by atoms with E-state index in [1.165, 1.54) is 0 Å². The van der Waals surface area contributed by atoms with Gasteiger partial charge in [0, 0.05) is 12.4 Å². The van der Waals surface area contributed by atoms with Crippen molar-refractivity contribution in [2.24, 2.45) is 0 Å². The Labute approximate surface area is 68.3 Å². The van der Waals surface area contributed by atoms with Crippen molar-refractivity contribution < 1.29 is 0 Å². The topological polar surface area (TPSA) is 61.5 Å². The fourth-order valence-electron chi connectivity index (χ4n) is 1.03. The van der Waals surface area contributed by atoms with Crippen LogP contribution in [0.3, 0.4) is 0 Å². The fourth-order valence-corrected chi connectivity index (χ4v) is 1.03. The van der Waals surface area contributed by atoms with E-state index in [1.54, 1.807) is 30.6 Å². The summed E-state index contributed by atoms with van der Waals surface area (Å²) in [5.41, 5.74) is 1.13. The molecule has 0 atom stereocenters. The highest BCUT2D eigenvalue weighted by molar-refractivity contribution is 5.56.